The highest BCUT2D eigenvalue weighted by Gasteiger charge is 2.15. The van der Waals surface area contributed by atoms with Gasteiger partial charge in [0, 0.05) is 13.1 Å². The lowest BCUT2D eigenvalue weighted by molar-refractivity contribution is -0.133. The maximum absolute atomic E-state index is 12.3. The standard InChI is InChI=1S/C16H23Cl2N3O2.ClH/c1-11(2)5-6-21(16(23)9-20-15(22)8-19)10-12-3-4-13(17)14(18)7-12;/h3-4,7,11H,5-6,8-10,19H2,1-2H3,(H,20,22);1H. The zero-order valence-corrected chi connectivity index (χ0v) is 16.2. The Morgan fingerprint density at radius 3 is 2.46 bits per heavy atom. The second-order valence-electron chi connectivity index (χ2n) is 5.73. The Morgan fingerprint density at radius 2 is 1.92 bits per heavy atom. The fourth-order valence-electron chi connectivity index (χ4n) is 1.92. The third kappa shape index (κ3) is 8.20. The summed E-state index contributed by atoms with van der Waals surface area (Å²) < 4.78 is 0. The molecule has 0 aliphatic rings. The normalized spacial score (nSPS) is 10.2. The summed E-state index contributed by atoms with van der Waals surface area (Å²) in [7, 11) is 0. The van der Waals surface area contributed by atoms with Gasteiger partial charge in [-0.3, -0.25) is 9.59 Å². The second kappa shape index (κ2) is 11.5. The Hall–Kier alpha value is -1.01. The predicted octanol–water partition coefficient (Wildman–Crippen LogP) is 2.86. The van der Waals surface area contributed by atoms with Gasteiger partial charge < -0.3 is 16.0 Å². The Bertz CT molecular complexity index is 553. The minimum Gasteiger partial charge on any atom is -0.346 e. The van der Waals surface area contributed by atoms with Crippen LogP contribution in [-0.4, -0.2) is 36.3 Å². The molecule has 0 heterocycles. The molecule has 0 spiro atoms. The van der Waals surface area contributed by atoms with Gasteiger partial charge in [-0.05, 0) is 30.0 Å². The van der Waals surface area contributed by atoms with Crippen molar-refractivity contribution in [3.8, 4) is 0 Å². The van der Waals surface area contributed by atoms with Crippen LogP contribution >= 0.6 is 35.6 Å². The molecule has 8 heteroatoms. The Morgan fingerprint density at radius 1 is 1.25 bits per heavy atom. The van der Waals surface area contributed by atoms with E-state index in [1.165, 1.54) is 0 Å². The quantitative estimate of drug-likeness (QED) is 0.709. The summed E-state index contributed by atoms with van der Waals surface area (Å²) >= 11 is 11.9. The molecule has 0 aliphatic heterocycles. The van der Waals surface area contributed by atoms with Crippen LogP contribution in [0.25, 0.3) is 0 Å². The molecule has 0 unspecified atom stereocenters. The first-order valence-corrected chi connectivity index (χ1v) is 8.27. The minimum absolute atomic E-state index is 0. The second-order valence-corrected chi connectivity index (χ2v) is 6.54. The number of hydrogen-bond donors (Lipinski definition) is 2. The molecular formula is C16H24Cl3N3O2. The van der Waals surface area contributed by atoms with Gasteiger partial charge in [0.1, 0.15) is 0 Å². The number of amides is 2. The van der Waals surface area contributed by atoms with Crippen LogP contribution in [0.2, 0.25) is 10.0 Å². The molecule has 0 aromatic heterocycles. The molecule has 0 fully saturated rings. The summed E-state index contributed by atoms with van der Waals surface area (Å²) in [6.45, 7) is 5.02. The first kappa shape index (κ1) is 23.0. The molecule has 0 aliphatic carbocycles. The van der Waals surface area contributed by atoms with Gasteiger partial charge in [-0.1, -0.05) is 43.1 Å². The van der Waals surface area contributed by atoms with Crippen molar-refractivity contribution in [2.45, 2.75) is 26.8 Å². The summed E-state index contributed by atoms with van der Waals surface area (Å²) in [6, 6.07) is 5.29. The van der Waals surface area contributed by atoms with E-state index in [0.717, 1.165) is 12.0 Å². The average Bonchev–Trinajstić information content (AvgIpc) is 2.51. The lowest BCUT2D eigenvalue weighted by Gasteiger charge is -2.24. The van der Waals surface area contributed by atoms with Gasteiger partial charge in [0.2, 0.25) is 11.8 Å². The lowest BCUT2D eigenvalue weighted by atomic mass is 10.1. The van der Waals surface area contributed by atoms with Crippen LogP contribution in [0.1, 0.15) is 25.8 Å². The van der Waals surface area contributed by atoms with Gasteiger partial charge in [0.15, 0.2) is 0 Å². The van der Waals surface area contributed by atoms with Crippen LogP contribution in [0, 0.1) is 5.92 Å². The SMILES string of the molecule is CC(C)CCN(Cc1ccc(Cl)c(Cl)c1)C(=O)CNC(=O)CN.Cl. The molecule has 1 aromatic carbocycles. The number of nitrogens with two attached hydrogens (primary N) is 1. The highest BCUT2D eigenvalue weighted by molar-refractivity contribution is 6.42. The van der Waals surface area contributed by atoms with Crippen molar-refractivity contribution < 1.29 is 9.59 Å². The molecule has 136 valence electrons. The monoisotopic (exact) mass is 395 g/mol. The fraction of sp³-hybridized carbons (Fsp3) is 0.500. The first-order valence-electron chi connectivity index (χ1n) is 7.52. The van der Waals surface area contributed by atoms with E-state index in [0.29, 0.717) is 29.1 Å². The Kier molecular flexibility index (Phi) is 11.0. The molecule has 2 amide bonds. The van der Waals surface area contributed by atoms with Crippen LogP contribution in [-0.2, 0) is 16.1 Å². The number of benzene rings is 1. The molecule has 0 saturated carbocycles. The summed E-state index contributed by atoms with van der Waals surface area (Å²) in [5.74, 6) is -0.0343. The smallest absolute Gasteiger partial charge is 0.242 e. The Labute approximate surface area is 159 Å². The maximum atomic E-state index is 12.3. The van der Waals surface area contributed by atoms with Gasteiger partial charge in [0.25, 0.3) is 0 Å². The van der Waals surface area contributed by atoms with Crippen molar-refractivity contribution in [2.24, 2.45) is 11.7 Å². The molecule has 0 saturated heterocycles. The number of nitrogens with one attached hydrogen (secondary N) is 1. The third-order valence-electron chi connectivity index (χ3n) is 3.31. The topological polar surface area (TPSA) is 75.4 Å². The Balaban J connectivity index is 0.00000529. The van der Waals surface area contributed by atoms with Crippen LogP contribution in [0.5, 0.6) is 0 Å². The van der Waals surface area contributed by atoms with E-state index < -0.39 is 0 Å². The highest BCUT2D eigenvalue weighted by Crippen LogP contribution is 2.23. The molecule has 0 radical (unpaired) electrons. The largest absolute Gasteiger partial charge is 0.346 e. The van der Waals surface area contributed by atoms with E-state index in [-0.39, 0.29) is 37.3 Å². The van der Waals surface area contributed by atoms with E-state index >= 15 is 0 Å². The molecular weight excluding hydrogens is 373 g/mol. The number of carbonyl (C=O) groups is 2. The summed E-state index contributed by atoms with van der Waals surface area (Å²) in [4.78, 5) is 25.3. The van der Waals surface area contributed by atoms with E-state index in [1.807, 2.05) is 6.07 Å². The van der Waals surface area contributed by atoms with Gasteiger partial charge in [-0.25, -0.2) is 0 Å². The number of carbonyl (C=O) groups excluding carboxylic acids is 2. The van der Waals surface area contributed by atoms with Gasteiger partial charge in [-0.15, -0.1) is 12.4 Å². The van der Waals surface area contributed by atoms with Crippen molar-refractivity contribution >= 4 is 47.4 Å². The van der Waals surface area contributed by atoms with Crippen LogP contribution in [0.3, 0.4) is 0 Å². The maximum Gasteiger partial charge on any atom is 0.242 e. The van der Waals surface area contributed by atoms with Crippen molar-refractivity contribution in [3.63, 3.8) is 0 Å². The molecule has 24 heavy (non-hydrogen) atoms. The van der Waals surface area contributed by atoms with E-state index in [1.54, 1.807) is 17.0 Å². The van der Waals surface area contributed by atoms with Crippen molar-refractivity contribution in [2.75, 3.05) is 19.6 Å². The number of nitrogens with zero attached hydrogens (tertiary/aromatic N) is 1. The minimum atomic E-state index is -0.350. The van der Waals surface area contributed by atoms with Gasteiger partial charge in [0.05, 0.1) is 23.1 Å². The fourth-order valence-corrected chi connectivity index (χ4v) is 2.24. The molecule has 1 aromatic rings. The van der Waals surface area contributed by atoms with Crippen LogP contribution < -0.4 is 11.1 Å². The lowest BCUT2D eigenvalue weighted by Crippen LogP contribution is -2.42. The van der Waals surface area contributed by atoms with Gasteiger partial charge in [-0.2, -0.15) is 0 Å². The summed E-state index contributed by atoms with van der Waals surface area (Å²) in [6.07, 6.45) is 0.873. The third-order valence-corrected chi connectivity index (χ3v) is 4.05. The van der Waals surface area contributed by atoms with E-state index in [2.05, 4.69) is 19.2 Å². The van der Waals surface area contributed by atoms with Crippen molar-refractivity contribution in [3.05, 3.63) is 33.8 Å². The highest BCUT2D eigenvalue weighted by atomic mass is 35.5. The first-order chi connectivity index (χ1) is 10.8. The van der Waals surface area contributed by atoms with E-state index in [9.17, 15) is 9.59 Å². The van der Waals surface area contributed by atoms with Crippen molar-refractivity contribution in [1.29, 1.82) is 0 Å². The molecule has 3 N–H and O–H groups in total. The number of rotatable bonds is 8. The number of hydrogen-bond acceptors (Lipinski definition) is 3. The van der Waals surface area contributed by atoms with Crippen LogP contribution in [0.4, 0.5) is 0 Å². The zero-order valence-electron chi connectivity index (χ0n) is 13.9. The molecule has 5 nitrogen and oxygen atoms in total. The molecule has 0 atom stereocenters. The van der Waals surface area contributed by atoms with Crippen LogP contribution in [0.15, 0.2) is 18.2 Å². The predicted molar refractivity (Wildman–Crippen MR) is 101 cm³/mol. The van der Waals surface area contributed by atoms with Crippen molar-refractivity contribution in [1.82, 2.24) is 10.2 Å². The summed E-state index contributed by atoms with van der Waals surface area (Å²) in [5, 5.41) is 3.44. The molecule has 0 bridgehead atoms. The van der Waals surface area contributed by atoms with E-state index in [4.69, 9.17) is 28.9 Å². The number of halogens is 3. The molecule has 1 rings (SSSR count). The average molecular weight is 397 g/mol. The summed E-state index contributed by atoms with van der Waals surface area (Å²) in [5.41, 5.74) is 6.11. The zero-order chi connectivity index (χ0) is 17.4. The van der Waals surface area contributed by atoms with Gasteiger partial charge >= 0.3 is 0 Å².